The van der Waals surface area contributed by atoms with Gasteiger partial charge in [-0.3, -0.25) is 0 Å². The standard InChI is InChI=1S/C26H29ClO.C24H23NO/c1-5-11-26(27)25(20(2)3)18-21(4)23-15-9-16-24(19-23)28-17-10-14-22-12-7-6-8-13-22;1-18-7-5-10-21-16-24(25-23(21)14-13-18)20-11-6-12-22(15-20)26-17-19-8-3-2-4-9-19/h5-9,11-13,15-16,18-19H,2,10,14,17H2,1,3-4H3;2-12,14-16,18,25H,13,17H2,1H3/b11-5-,21-18+,26-25+;7-5-,21-10-,23-14-. The Morgan fingerprint density at radius 3 is 2.28 bits per heavy atom. The maximum absolute atomic E-state index is 6.40. The SMILES string of the molecule is C=C(C)C(/C=C(\C)c1cccc(OCCCc2ccccc2)c1)=C(Cl)\C=C/C.CC1\C=C/C=c2/cc(-c3cccc(OCc4ccccc4)c3)[nH]/c2=C\C1. The summed E-state index contributed by atoms with van der Waals surface area (Å²) in [6.45, 7) is 13.6. The van der Waals surface area contributed by atoms with Crippen LogP contribution in [0.1, 0.15) is 57.2 Å². The summed E-state index contributed by atoms with van der Waals surface area (Å²) in [6, 6.07) is 39.4. The normalized spacial score (nSPS) is 16.2. The van der Waals surface area contributed by atoms with E-state index in [1.165, 1.54) is 21.7 Å². The lowest BCUT2D eigenvalue weighted by Crippen LogP contribution is -2.22. The van der Waals surface area contributed by atoms with Crippen molar-refractivity contribution in [1.29, 1.82) is 0 Å². The maximum atomic E-state index is 6.40. The van der Waals surface area contributed by atoms with Crippen LogP contribution >= 0.6 is 11.6 Å². The van der Waals surface area contributed by atoms with Gasteiger partial charge in [-0.1, -0.05) is 140 Å². The van der Waals surface area contributed by atoms with Crippen molar-refractivity contribution in [2.45, 2.75) is 53.6 Å². The highest BCUT2D eigenvalue weighted by atomic mass is 35.5. The highest BCUT2D eigenvalue weighted by Gasteiger charge is 2.07. The number of aromatic amines is 1. The minimum absolute atomic E-state index is 0.570. The molecule has 0 spiro atoms. The van der Waals surface area contributed by atoms with Gasteiger partial charge in [-0.2, -0.15) is 0 Å². The first kappa shape index (κ1) is 39.7. The third-order valence-electron chi connectivity index (χ3n) is 9.08. The van der Waals surface area contributed by atoms with Gasteiger partial charge in [0.2, 0.25) is 0 Å². The zero-order valence-electron chi connectivity index (χ0n) is 32.0. The van der Waals surface area contributed by atoms with E-state index < -0.39 is 0 Å². The van der Waals surface area contributed by atoms with E-state index in [0.717, 1.165) is 64.3 Å². The largest absolute Gasteiger partial charge is 0.494 e. The van der Waals surface area contributed by atoms with Crippen molar-refractivity contribution in [3.8, 4) is 22.8 Å². The Labute approximate surface area is 327 Å². The van der Waals surface area contributed by atoms with Gasteiger partial charge in [-0.05, 0) is 127 Å². The molecule has 1 aromatic heterocycles. The number of aryl methyl sites for hydroxylation is 1. The lowest BCUT2D eigenvalue weighted by atomic mass is 10.0. The summed E-state index contributed by atoms with van der Waals surface area (Å²) in [4.78, 5) is 3.56. The zero-order chi connectivity index (χ0) is 38.1. The first-order valence-corrected chi connectivity index (χ1v) is 19.2. The Morgan fingerprint density at radius 2 is 1.56 bits per heavy atom. The molecule has 5 aromatic rings. The van der Waals surface area contributed by atoms with E-state index in [1.807, 2.05) is 74.5 Å². The summed E-state index contributed by atoms with van der Waals surface area (Å²) in [5.74, 6) is 2.34. The summed E-state index contributed by atoms with van der Waals surface area (Å²) < 4.78 is 11.9. The van der Waals surface area contributed by atoms with Crippen LogP contribution in [-0.2, 0) is 13.0 Å². The molecule has 3 nitrogen and oxygen atoms in total. The quantitative estimate of drug-likeness (QED) is 0.0965. The van der Waals surface area contributed by atoms with Crippen LogP contribution in [0, 0.1) is 5.92 Å². The van der Waals surface area contributed by atoms with Gasteiger partial charge in [0.15, 0.2) is 0 Å². The number of benzene rings is 4. The zero-order valence-corrected chi connectivity index (χ0v) is 32.8. The summed E-state index contributed by atoms with van der Waals surface area (Å²) in [7, 11) is 0. The molecule has 1 heterocycles. The summed E-state index contributed by atoms with van der Waals surface area (Å²) in [5.41, 5.74) is 8.90. The van der Waals surface area contributed by atoms with E-state index in [4.69, 9.17) is 21.1 Å². The van der Waals surface area contributed by atoms with E-state index in [1.54, 1.807) is 0 Å². The second-order valence-electron chi connectivity index (χ2n) is 13.7. The molecule has 54 heavy (non-hydrogen) atoms. The molecule has 1 aliphatic carbocycles. The molecule has 0 aliphatic heterocycles. The van der Waals surface area contributed by atoms with E-state index in [0.29, 0.717) is 24.2 Å². The molecule has 0 saturated carbocycles. The van der Waals surface area contributed by atoms with E-state index >= 15 is 0 Å². The van der Waals surface area contributed by atoms with Crippen LogP contribution in [0.15, 0.2) is 168 Å². The number of hydrogen-bond acceptors (Lipinski definition) is 2. The fraction of sp³-hybridized carbons (Fsp3) is 0.200. The van der Waals surface area contributed by atoms with Crippen molar-refractivity contribution in [1.82, 2.24) is 4.98 Å². The maximum Gasteiger partial charge on any atom is 0.120 e. The average Bonchev–Trinajstić information content (AvgIpc) is 3.59. The van der Waals surface area contributed by atoms with Crippen LogP contribution in [0.4, 0.5) is 0 Å². The molecular weight excluding hydrogens is 682 g/mol. The van der Waals surface area contributed by atoms with Gasteiger partial charge in [0, 0.05) is 21.6 Å². The molecule has 4 aromatic carbocycles. The molecule has 0 bridgehead atoms. The van der Waals surface area contributed by atoms with Gasteiger partial charge in [0.1, 0.15) is 18.1 Å². The Bertz CT molecular complexity index is 2220. The first-order chi connectivity index (χ1) is 26.3. The Morgan fingerprint density at radius 1 is 0.852 bits per heavy atom. The van der Waals surface area contributed by atoms with Gasteiger partial charge in [0.25, 0.3) is 0 Å². The highest BCUT2D eigenvalue weighted by Crippen LogP contribution is 2.27. The third-order valence-corrected chi connectivity index (χ3v) is 9.41. The molecule has 0 amide bonds. The minimum Gasteiger partial charge on any atom is -0.494 e. The number of aromatic nitrogens is 1. The number of fused-ring (bicyclic) bond motifs is 1. The lowest BCUT2D eigenvalue weighted by Gasteiger charge is -2.10. The number of rotatable bonds is 13. The minimum atomic E-state index is 0.570. The molecule has 1 N–H and O–H groups in total. The molecule has 0 saturated heterocycles. The lowest BCUT2D eigenvalue weighted by molar-refractivity contribution is 0.306. The number of hydrogen-bond donors (Lipinski definition) is 1. The number of ether oxygens (including phenoxy) is 2. The topological polar surface area (TPSA) is 34.2 Å². The molecule has 276 valence electrons. The summed E-state index contributed by atoms with van der Waals surface area (Å²) in [5, 5.41) is 3.13. The first-order valence-electron chi connectivity index (χ1n) is 18.8. The highest BCUT2D eigenvalue weighted by molar-refractivity contribution is 6.32. The monoisotopic (exact) mass is 733 g/mol. The fourth-order valence-corrected chi connectivity index (χ4v) is 6.39. The number of halogens is 1. The van der Waals surface area contributed by atoms with Crippen molar-refractivity contribution in [3.05, 3.63) is 196 Å². The van der Waals surface area contributed by atoms with Gasteiger partial charge < -0.3 is 14.5 Å². The van der Waals surface area contributed by atoms with Crippen molar-refractivity contribution in [2.75, 3.05) is 6.61 Å². The van der Waals surface area contributed by atoms with E-state index in [9.17, 15) is 0 Å². The second kappa shape index (κ2) is 20.7. The molecule has 1 atom stereocenters. The van der Waals surface area contributed by atoms with Gasteiger partial charge in [-0.25, -0.2) is 0 Å². The molecule has 4 heteroatoms. The van der Waals surface area contributed by atoms with Gasteiger partial charge >= 0.3 is 0 Å². The van der Waals surface area contributed by atoms with Gasteiger partial charge in [0.05, 0.1) is 6.61 Å². The molecular formula is C50H52ClNO2. The molecule has 1 unspecified atom stereocenters. The Kier molecular flexibility index (Phi) is 15.2. The van der Waals surface area contributed by atoms with Gasteiger partial charge in [-0.15, -0.1) is 0 Å². The molecule has 0 fully saturated rings. The van der Waals surface area contributed by atoms with Crippen molar-refractivity contribution in [3.63, 3.8) is 0 Å². The van der Waals surface area contributed by atoms with Crippen LogP contribution < -0.4 is 20.0 Å². The van der Waals surface area contributed by atoms with Crippen molar-refractivity contribution in [2.24, 2.45) is 5.92 Å². The van der Waals surface area contributed by atoms with Crippen molar-refractivity contribution >= 4 is 29.3 Å². The van der Waals surface area contributed by atoms with E-state index in [2.05, 4.69) is 123 Å². The second-order valence-corrected chi connectivity index (χ2v) is 14.1. The fourth-order valence-electron chi connectivity index (χ4n) is 6.05. The summed E-state index contributed by atoms with van der Waals surface area (Å²) >= 11 is 6.40. The van der Waals surface area contributed by atoms with Crippen LogP contribution in [0.3, 0.4) is 0 Å². The van der Waals surface area contributed by atoms with Crippen LogP contribution in [0.2, 0.25) is 0 Å². The summed E-state index contributed by atoms with van der Waals surface area (Å²) in [6.07, 6.45) is 17.9. The van der Waals surface area contributed by atoms with Crippen LogP contribution in [0.25, 0.3) is 29.0 Å². The third kappa shape index (κ3) is 12.3. The van der Waals surface area contributed by atoms with Crippen LogP contribution in [-0.4, -0.2) is 11.6 Å². The van der Waals surface area contributed by atoms with Crippen molar-refractivity contribution < 1.29 is 9.47 Å². The number of allylic oxidation sites excluding steroid dienone is 9. The predicted molar refractivity (Wildman–Crippen MR) is 231 cm³/mol. The smallest absolute Gasteiger partial charge is 0.120 e. The Hall–Kier alpha value is -5.51. The predicted octanol–water partition coefficient (Wildman–Crippen LogP) is 12.2. The molecule has 0 radical (unpaired) electrons. The van der Waals surface area contributed by atoms with Crippen LogP contribution in [0.5, 0.6) is 11.5 Å². The van der Waals surface area contributed by atoms with E-state index in [-0.39, 0.29) is 0 Å². The molecule has 6 rings (SSSR count). The average molecular weight is 734 g/mol. The number of nitrogens with one attached hydrogen (secondary N) is 1. The molecule has 1 aliphatic rings. The Balaban J connectivity index is 0.000000208. The number of H-pyrrole nitrogens is 1.